The summed E-state index contributed by atoms with van der Waals surface area (Å²) in [6, 6.07) is 10.5. The number of aliphatic hydroxyl groups excluding tert-OH is 1. The first-order chi connectivity index (χ1) is 10.2. The Morgan fingerprint density at radius 1 is 1.33 bits per heavy atom. The largest absolute Gasteiger partial charge is 0.394 e. The molecule has 5 heteroatoms. The van der Waals surface area contributed by atoms with Crippen molar-refractivity contribution in [2.45, 2.75) is 37.0 Å². The Hall–Kier alpha value is -1.30. The van der Waals surface area contributed by atoms with Gasteiger partial charge in [-0.1, -0.05) is 42.1 Å². The molecule has 1 atom stereocenters. The number of aromatic amines is 1. The van der Waals surface area contributed by atoms with Crippen LogP contribution < -0.4 is 5.32 Å². The van der Waals surface area contributed by atoms with Gasteiger partial charge in [-0.05, 0) is 25.8 Å². The van der Waals surface area contributed by atoms with Crippen LogP contribution in [0.2, 0.25) is 0 Å². The topological polar surface area (TPSA) is 60.9 Å². The second kappa shape index (κ2) is 7.64. The van der Waals surface area contributed by atoms with E-state index >= 15 is 0 Å². The maximum absolute atomic E-state index is 10.0. The Balaban J connectivity index is 2.11. The summed E-state index contributed by atoms with van der Waals surface area (Å²) in [6.45, 7) is 4.29. The molecule has 2 aromatic rings. The first-order valence-electron chi connectivity index (χ1n) is 7.22. The molecule has 0 radical (unpaired) electrons. The van der Waals surface area contributed by atoms with Gasteiger partial charge in [0.05, 0.1) is 12.1 Å². The normalized spacial score (nSPS) is 14.3. The van der Waals surface area contributed by atoms with Gasteiger partial charge in [0.25, 0.3) is 0 Å². The van der Waals surface area contributed by atoms with Crippen LogP contribution in [-0.2, 0) is 5.54 Å². The third-order valence-electron chi connectivity index (χ3n) is 3.40. The van der Waals surface area contributed by atoms with E-state index < -0.39 is 5.54 Å². The highest BCUT2D eigenvalue weighted by atomic mass is 32.2. The molecule has 1 aromatic carbocycles. The first kappa shape index (κ1) is 16.1. The molecule has 0 amide bonds. The molecular formula is C16H23N3OS. The molecule has 2 rings (SSSR count). The van der Waals surface area contributed by atoms with Crippen LogP contribution >= 0.6 is 11.8 Å². The highest BCUT2D eigenvalue weighted by Crippen LogP contribution is 2.28. The van der Waals surface area contributed by atoms with Crippen LogP contribution in [0.1, 0.15) is 25.8 Å². The lowest BCUT2D eigenvalue weighted by molar-refractivity contribution is 0.147. The fourth-order valence-corrected chi connectivity index (χ4v) is 3.41. The second-order valence-corrected chi connectivity index (χ2v) is 6.48. The SMILES string of the molecule is CC(C)NC(CO)(CCSc1ncc[nH]1)c1ccccc1. The van der Waals surface area contributed by atoms with Crippen LogP contribution in [0.25, 0.3) is 0 Å². The zero-order valence-corrected chi connectivity index (χ0v) is 13.4. The van der Waals surface area contributed by atoms with Crippen molar-refractivity contribution >= 4 is 11.8 Å². The average molecular weight is 305 g/mol. The summed E-state index contributed by atoms with van der Waals surface area (Å²) in [5, 5.41) is 14.5. The number of imidazole rings is 1. The molecule has 0 aliphatic rings. The Kier molecular flexibility index (Phi) is 5.85. The molecule has 0 fully saturated rings. The van der Waals surface area contributed by atoms with Gasteiger partial charge < -0.3 is 15.4 Å². The number of H-pyrrole nitrogens is 1. The van der Waals surface area contributed by atoms with Gasteiger partial charge in [0, 0.05) is 24.2 Å². The summed E-state index contributed by atoms with van der Waals surface area (Å²) in [4.78, 5) is 7.31. The number of nitrogens with one attached hydrogen (secondary N) is 2. The summed E-state index contributed by atoms with van der Waals surface area (Å²) in [6.07, 6.45) is 4.41. The van der Waals surface area contributed by atoms with E-state index in [1.165, 1.54) is 0 Å². The molecule has 4 nitrogen and oxygen atoms in total. The summed E-state index contributed by atoms with van der Waals surface area (Å²) in [5.74, 6) is 0.878. The van der Waals surface area contributed by atoms with Crippen LogP contribution in [0.4, 0.5) is 0 Å². The molecule has 114 valence electrons. The monoisotopic (exact) mass is 305 g/mol. The summed E-state index contributed by atoms with van der Waals surface area (Å²) >= 11 is 1.67. The lowest BCUT2D eigenvalue weighted by atomic mass is 9.87. The van der Waals surface area contributed by atoms with Crippen molar-refractivity contribution in [3.63, 3.8) is 0 Å². The van der Waals surface area contributed by atoms with Gasteiger partial charge in [0.1, 0.15) is 0 Å². The van der Waals surface area contributed by atoms with Gasteiger partial charge in [0.2, 0.25) is 0 Å². The van der Waals surface area contributed by atoms with Gasteiger partial charge in [-0.3, -0.25) is 0 Å². The number of rotatable bonds is 8. The fourth-order valence-electron chi connectivity index (χ4n) is 2.48. The first-order valence-corrected chi connectivity index (χ1v) is 8.21. The minimum atomic E-state index is -0.408. The van der Waals surface area contributed by atoms with E-state index in [1.54, 1.807) is 18.0 Å². The summed E-state index contributed by atoms with van der Waals surface area (Å²) in [7, 11) is 0. The van der Waals surface area contributed by atoms with Crippen LogP contribution in [0.15, 0.2) is 47.9 Å². The third kappa shape index (κ3) is 4.33. The Morgan fingerprint density at radius 3 is 2.67 bits per heavy atom. The number of aromatic nitrogens is 2. The molecule has 1 heterocycles. The zero-order chi connectivity index (χ0) is 15.1. The smallest absolute Gasteiger partial charge is 0.165 e. The second-order valence-electron chi connectivity index (χ2n) is 5.40. The van der Waals surface area contributed by atoms with E-state index in [9.17, 15) is 5.11 Å². The van der Waals surface area contributed by atoms with Crippen molar-refractivity contribution in [1.29, 1.82) is 0 Å². The van der Waals surface area contributed by atoms with Crippen molar-refractivity contribution < 1.29 is 5.11 Å². The summed E-state index contributed by atoms with van der Waals surface area (Å²) < 4.78 is 0. The Morgan fingerprint density at radius 2 is 2.10 bits per heavy atom. The van der Waals surface area contributed by atoms with E-state index in [2.05, 4.69) is 41.3 Å². The molecule has 0 bridgehead atoms. The van der Waals surface area contributed by atoms with Gasteiger partial charge in [-0.2, -0.15) is 0 Å². The van der Waals surface area contributed by atoms with Crippen LogP contribution in [0, 0.1) is 0 Å². The van der Waals surface area contributed by atoms with Crippen molar-refractivity contribution in [2.75, 3.05) is 12.4 Å². The number of thioether (sulfide) groups is 1. The molecule has 1 unspecified atom stereocenters. The maximum atomic E-state index is 10.0. The van der Waals surface area contributed by atoms with E-state index in [-0.39, 0.29) is 6.61 Å². The average Bonchev–Trinajstić information content (AvgIpc) is 3.00. The molecular weight excluding hydrogens is 282 g/mol. The van der Waals surface area contributed by atoms with Crippen molar-refractivity contribution in [2.24, 2.45) is 0 Å². The van der Waals surface area contributed by atoms with Crippen LogP contribution in [-0.4, -0.2) is 33.5 Å². The molecule has 21 heavy (non-hydrogen) atoms. The summed E-state index contributed by atoms with van der Waals surface area (Å²) in [5.41, 5.74) is 0.718. The van der Waals surface area contributed by atoms with E-state index in [0.29, 0.717) is 6.04 Å². The minimum Gasteiger partial charge on any atom is -0.394 e. The predicted octanol–water partition coefficient (Wildman–Crippen LogP) is 2.78. The molecule has 0 spiro atoms. The van der Waals surface area contributed by atoms with E-state index in [4.69, 9.17) is 0 Å². The number of benzene rings is 1. The Bertz CT molecular complexity index is 516. The highest BCUT2D eigenvalue weighted by Gasteiger charge is 2.31. The fraction of sp³-hybridized carbons (Fsp3) is 0.438. The van der Waals surface area contributed by atoms with E-state index in [1.807, 2.05) is 24.4 Å². The maximum Gasteiger partial charge on any atom is 0.165 e. The highest BCUT2D eigenvalue weighted by molar-refractivity contribution is 7.99. The number of hydrogen-bond donors (Lipinski definition) is 3. The minimum absolute atomic E-state index is 0.0773. The molecule has 3 N–H and O–H groups in total. The van der Waals surface area contributed by atoms with Crippen molar-refractivity contribution in [1.82, 2.24) is 15.3 Å². The van der Waals surface area contributed by atoms with Gasteiger partial charge in [0.15, 0.2) is 5.16 Å². The van der Waals surface area contributed by atoms with Crippen LogP contribution in [0.5, 0.6) is 0 Å². The lowest BCUT2D eigenvalue weighted by Crippen LogP contribution is -2.49. The molecule has 1 aromatic heterocycles. The zero-order valence-electron chi connectivity index (χ0n) is 12.5. The van der Waals surface area contributed by atoms with Crippen molar-refractivity contribution in [3.05, 3.63) is 48.3 Å². The number of nitrogens with zero attached hydrogens (tertiary/aromatic N) is 1. The molecule has 0 aliphatic carbocycles. The van der Waals surface area contributed by atoms with Gasteiger partial charge in [-0.25, -0.2) is 4.98 Å². The van der Waals surface area contributed by atoms with E-state index in [0.717, 1.165) is 22.9 Å². The van der Waals surface area contributed by atoms with Crippen LogP contribution in [0.3, 0.4) is 0 Å². The van der Waals surface area contributed by atoms with Crippen molar-refractivity contribution in [3.8, 4) is 0 Å². The van der Waals surface area contributed by atoms with Gasteiger partial charge >= 0.3 is 0 Å². The molecule has 0 aliphatic heterocycles. The molecule has 0 saturated carbocycles. The lowest BCUT2D eigenvalue weighted by Gasteiger charge is -2.35. The third-order valence-corrected chi connectivity index (χ3v) is 4.31. The number of aliphatic hydroxyl groups is 1. The van der Waals surface area contributed by atoms with Gasteiger partial charge in [-0.15, -0.1) is 0 Å². The quantitative estimate of drug-likeness (QED) is 0.656. The molecule has 0 saturated heterocycles. The Labute approximate surface area is 130 Å². The number of hydrogen-bond acceptors (Lipinski definition) is 4. The standard InChI is InChI=1S/C16H23N3OS/c1-13(2)19-16(12-20,14-6-4-3-5-7-14)8-11-21-15-17-9-10-18-15/h3-7,9-10,13,19-20H,8,11-12H2,1-2H3,(H,17,18). The predicted molar refractivity (Wildman–Crippen MR) is 87.4 cm³/mol.